The van der Waals surface area contributed by atoms with Crippen LogP contribution in [0.5, 0.6) is 11.5 Å². The lowest BCUT2D eigenvalue weighted by molar-refractivity contribution is 0.0705. The second-order valence-electron chi connectivity index (χ2n) is 5.82. The summed E-state index contributed by atoms with van der Waals surface area (Å²) in [7, 11) is -3.65. The molecule has 2 N–H and O–H groups in total. The molecule has 2 rings (SSSR count). The van der Waals surface area contributed by atoms with E-state index in [4.69, 9.17) is 29.2 Å². The molecule has 0 bridgehead atoms. The number of benzene rings is 2. The topological polar surface area (TPSA) is 112 Å². The second-order valence-corrected chi connectivity index (χ2v) is 7.76. The zero-order valence-electron chi connectivity index (χ0n) is 16.0. The van der Waals surface area contributed by atoms with Gasteiger partial charge in [-0.05, 0) is 48.5 Å². The average molecular weight is 426 g/mol. The number of rotatable bonds is 14. The molecular weight excluding hydrogens is 400 g/mol. The molecule has 0 fully saturated rings. The van der Waals surface area contributed by atoms with Crippen LogP contribution in [0.15, 0.2) is 58.3 Å². The molecule has 0 amide bonds. The van der Waals surface area contributed by atoms with Gasteiger partial charge in [-0.15, -0.1) is 0 Å². The lowest BCUT2D eigenvalue weighted by Crippen LogP contribution is -2.09. The molecule has 0 saturated carbocycles. The molecule has 9 heteroatoms. The van der Waals surface area contributed by atoms with E-state index in [0.717, 1.165) is 0 Å². The summed E-state index contributed by atoms with van der Waals surface area (Å²) < 4.78 is 46.6. The summed E-state index contributed by atoms with van der Waals surface area (Å²) in [5.41, 5.74) is 0. The Kier molecular flexibility index (Phi) is 9.89. The fourth-order valence-corrected chi connectivity index (χ4v) is 3.60. The minimum absolute atomic E-state index is 0.0430. The van der Waals surface area contributed by atoms with E-state index in [-0.39, 0.29) is 36.2 Å². The monoisotopic (exact) mass is 426 g/mol. The fourth-order valence-electron chi connectivity index (χ4n) is 2.34. The van der Waals surface area contributed by atoms with Crippen LogP contribution >= 0.6 is 0 Å². The zero-order chi connectivity index (χ0) is 21.0. The van der Waals surface area contributed by atoms with Gasteiger partial charge in [0.15, 0.2) is 0 Å². The number of sulfone groups is 1. The van der Waals surface area contributed by atoms with Crippen LogP contribution < -0.4 is 9.47 Å². The molecule has 8 nitrogen and oxygen atoms in total. The molecule has 160 valence electrons. The van der Waals surface area contributed by atoms with Crippen LogP contribution in [-0.2, 0) is 19.3 Å². The first-order chi connectivity index (χ1) is 14.1. The molecule has 29 heavy (non-hydrogen) atoms. The van der Waals surface area contributed by atoms with Crippen molar-refractivity contribution in [3.8, 4) is 11.5 Å². The largest absolute Gasteiger partial charge is 0.491 e. The summed E-state index contributed by atoms with van der Waals surface area (Å²) in [5, 5.41) is 17.2. The van der Waals surface area contributed by atoms with Crippen molar-refractivity contribution in [1.82, 2.24) is 0 Å². The highest BCUT2D eigenvalue weighted by atomic mass is 32.2. The maximum atomic E-state index is 12.8. The minimum atomic E-state index is -3.65. The summed E-state index contributed by atoms with van der Waals surface area (Å²) in [6, 6.07) is 12.3. The van der Waals surface area contributed by atoms with Gasteiger partial charge < -0.3 is 29.2 Å². The normalized spacial score (nSPS) is 11.4. The zero-order valence-corrected chi connectivity index (χ0v) is 16.8. The maximum absolute atomic E-state index is 12.8. The highest BCUT2D eigenvalue weighted by molar-refractivity contribution is 7.91. The Labute approximate surface area is 170 Å². The SMILES string of the molecule is O=S(=O)(c1ccc(OCCOCCO)cc1)c1ccc(OCCOCCO)cc1. The number of hydrogen-bond acceptors (Lipinski definition) is 8. The van der Waals surface area contributed by atoms with Gasteiger partial charge in [0.2, 0.25) is 9.84 Å². The smallest absolute Gasteiger partial charge is 0.206 e. The predicted molar refractivity (Wildman–Crippen MR) is 105 cm³/mol. The van der Waals surface area contributed by atoms with Crippen LogP contribution in [0.2, 0.25) is 0 Å². The number of hydrogen-bond donors (Lipinski definition) is 2. The molecule has 0 atom stereocenters. The molecule has 0 heterocycles. The Hall–Kier alpha value is -2.17. The Balaban J connectivity index is 1.90. The van der Waals surface area contributed by atoms with Crippen molar-refractivity contribution in [3.63, 3.8) is 0 Å². The number of aliphatic hydroxyl groups excluding tert-OH is 2. The third-order valence-electron chi connectivity index (χ3n) is 3.73. The van der Waals surface area contributed by atoms with Crippen LogP contribution in [0.1, 0.15) is 0 Å². The molecule has 0 radical (unpaired) electrons. The van der Waals surface area contributed by atoms with Crippen molar-refractivity contribution >= 4 is 9.84 Å². The van der Waals surface area contributed by atoms with E-state index in [9.17, 15) is 8.42 Å². The molecule has 2 aromatic rings. The Morgan fingerprint density at radius 2 is 0.966 bits per heavy atom. The molecule has 0 saturated heterocycles. The summed E-state index contributed by atoms with van der Waals surface area (Å²) in [6.07, 6.45) is 0. The van der Waals surface area contributed by atoms with Crippen molar-refractivity contribution in [2.24, 2.45) is 0 Å². The molecule has 0 aromatic heterocycles. The van der Waals surface area contributed by atoms with Crippen molar-refractivity contribution in [1.29, 1.82) is 0 Å². The van der Waals surface area contributed by atoms with Crippen LogP contribution in [0.4, 0.5) is 0 Å². The highest BCUT2D eigenvalue weighted by Gasteiger charge is 2.17. The highest BCUT2D eigenvalue weighted by Crippen LogP contribution is 2.25. The summed E-state index contributed by atoms with van der Waals surface area (Å²) in [5.74, 6) is 1.06. The van der Waals surface area contributed by atoms with Gasteiger partial charge in [0.1, 0.15) is 24.7 Å². The lowest BCUT2D eigenvalue weighted by Gasteiger charge is -2.10. The molecule has 0 aliphatic heterocycles. The standard InChI is InChI=1S/C20H26O8S/c21-9-11-25-13-15-27-17-1-5-19(6-2-17)29(23,24)20-7-3-18(4-8-20)28-16-14-26-12-10-22/h1-8,21-22H,9-16H2. The maximum Gasteiger partial charge on any atom is 0.206 e. The predicted octanol–water partition coefficient (Wildman–Crippen LogP) is 1.29. The van der Waals surface area contributed by atoms with E-state index < -0.39 is 9.84 Å². The van der Waals surface area contributed by atoms with Gasteiger partial charge in [-0.3, -0.25) is 0 Å². The van der Waals surface area contributed by atoms with Crippen molar-refractivity contribution in [3.05, 3.63) is 48.5 Å². The number of ether oxygens (including phenoxy) is 4. The van der Waals surface area contributed by atoms with E-state index in [1.807, 2.05) is 0 Å². The van der Waals surface area contributed by atoms with Gasteiger partial charge in [0.05, 0.1) is 49.4 Å². The van der Waals surface area contributed by atoms with E-state index >= 15 is 0 Å². The first kappa shape index (κ1) is 23.1. The van der Waals surface area contributed by atoms with Gasteiger partial charge in [0.25, 0.3) is 0 Å². The van der Waals surface area contributed by atoms with Crippen molar-refractivity contribution < 1.29 is 37.6 Å². The molecule has 0 unspecified atom stereocenters. The van der Waals surface area contributed by atoms with Crippen LogP contribution in [0.3, 0.4) is 0 Å². The van der Waals surface area contributed by atoms with Crippen LogP contribution in [-0.4, -0.2) is 71.5 Å². The quantitative estimate of drug-likeness (QED) is 0.435. The van der Waals surface area contributed by atoms with E-state index in [0.29, 0.717) is 37.9 Å². The van der Waals surface area contributed by atoms with Crippen LogP contribution in [0, 0.1) is 0 Å². The molecular formula is C20H26O8S. The third kappa shape index (κ3) is 7.64. The second kappa shape index (κ2) is 12.4. The molecule has 0 aliphatic carbocycles. The lowest BCUT2D eigenvalue weighted by atomic mass is 10.3. The minimum Gasteiger partial charge on any atom is -0.491 e. The first-order valence-corrected chi connectivity index (χ1v) is 10.6. The summed E-state index contributed by atoms with van der Waals surface area (Å²) in [6.45, 7) is 1.70. The first-order valence-electron chi connectivity index (χ1n) is 9.16. The van der Waals surface area contributed by atoms with Crippen LogP contribution in [0.25, 0.3) is 0 Å². The number of aliphatic hydroxyl groups is 2. The summed E-state index contributed by atoms with van der Waals surface area (Å²) in [4.78, 5) is 0.319. The molecule has 0 spiro atoms. The van der Waals surface area contributed by atoms with Crippen molar-refractivity contribution in [2.75, 3.05) is 52.9 Å². The fraction of sp³-hybridized carbons (Fsp3) is 0.400. The Bertz CT molecular complexity index is 740. The van der Waals surface area contributed by atoms with Gasteiger partial charge >= 0.3 is 0 Å². The van der Waals surface area contributed by atoms with Gasteiger partial charge in [0, 0.05) is 0 Å². The average Bonchev–Trinajstić information content (AvgIpc) is 2.74. The van der Waals surface area contributed by atoms with Crippen molar-refractivity contribution in [2.45, 2.75) is 9.79 Å². The van der Waals surface area contributed by atoms with E-state index in [1.165, 1.54) is 24.3 Å². The Morgan fingerprint density at radius 3 is 1.31 bits per heavy atom. The van der Waals surface area contributed by atoms with Gasteiger partial charge in [-0.1, -0.05) is 0 Å². The summed E-state index contributed by atoms with van der Waals surface area (Å²) >= 11 is 0. The molecule has 2 aromatic carbocycles. The molecule has 0 aliphatic rings. The van der Waals surface area contributed by atoms with E-state index in [2.05, 4.69) is 0 Å². The van der Waals surface area contributed by atoms with Gasteiger partial charge in [-0.25, -0.2) is 8.42 Å². The Morgan fingerprint density at radius 1 is 0.586 bits per heavy atom. The third-order valence-corrected chi connectivity index (χ3v) is 5.52. The van der Waals surface area contributed by atoms with Gasteiger partial charge in [-0.2, -0.15) is 0 Å². The van der Waals surface area contributed by atoms with E-state index in [1.54, 1.807) is 24.3 Å².